The molecule has 0 spiro atoms. The fourth-order valence-corrected chi connectivity index (χ4v) is 1.74. The molecule has 2 nitrogen and oxygen atoms in total. The summed E-state index contributed by atoms with van der Waals surface area (Å²) in [4.78, 5) is 0. The zero-order valence-corrected chi connectivity index (χ0v) is 10.1. The molecule has 0 amide bonds. The van der Waals surface area contributed by atoms with Crippen LogP contribution in [0.4, 0.5) is 0 Å². The topological polar surface area (TPSA) is 28.7 Å². The Balaban J connectivity index is 3.12. The van der Waals surface area contributed by atoms with E-state index in [1.165, 1.54) is 16.8 Å². The standard InChI is InChI=1S/C13H20N2/c1-5-8-11(7-3)13-12(9-6-2)10(4)14-15-13/h5,7-8H,6,9H2,1-4H3,(H,14,15)/b8-5-,11-7+. The second kappa shape index (κ2) is 5.54. The molecular weight excluding hydrogens is 184 g/mol. The number of hydrogen-bond donors (Lipinski definition) is 1. The fraction of sp³-hybridized carbons (Fsp3) is 0.462. The summed E-state index contributed by atoms with van der Waals surface area (Å²) in [7, 11) is 0. The van der Waals surface area contributed by atoms with Crippen molar-refractivity contribution in [2.24, 2.45) is 0 Å². The van der Waals surface area contributed by atoms with Crippen LogP contribution in [0.1, 0.15) is 44.1 Å². The van der Waals surface area contributed by atoms with Gasteiger partial charge >= 0.3 is 0 Å². The first-order valence-electron chi connectivity index (χ1n) is 5.57. The third-order valence-electron chi connectivity index (χ3n) is 2.50. The highest BCUT2D eigenvalue weighted by atomic mass is 15.1. The lowest BCUT2D eigenvalue weighted by Crippen LogP contribution is -1.91. The third-order valence-corrected chi connectivity index (χ3v) is 2.50. The first-order valence-corrected chi connectivity index (χ1v) is 5.57. The van der Waals surface area contributed by atoms with Gasteiger partial charge in [0.1, 0.15) is 0 Å². The van der Waals surface area contributed by atoms with E-state index in [9.17, 15) is 0 Å². The van der Waals surface area contributed by atoms with Gasteiger partial charge in [-0.05, 0) is 32.8 Å². The normalized spacial score (nSPS) is 12.7. The number of aromatic nitrogens is 2. The van der Waals surface area contributed by atoms with Crippen LogP contribution in [0.15, 0.2) is 18.2 Å². The van der Waals surface area contributed by atoms with Gasteiger partial charge in [-0.1, -0.05) is 31.6 Å². The molecule has 0 unspecified atom stereocenters. The minimum absolute atomic E-state index is 1.09. The Morgan fingerprint density at radius 2 is 2.13 bits per heavy atom. The van der Waals surface area contributed by atoms with E-state index in [0.29, 0.717) is 0 Å². The van der Waals surface area contributed by atoms with E-state index in [0.717, 1.165) is 18.5 Å². The second-order valence-corrected chi connectivity index (χ2v) is 3.67. The van der Waals surface area contributed by atoms with Gasteiger partial charge in [-0.25, -0.2) is 0 Å². The zero-order chi connectivity index (χ0) is 11.3. The van der Waals surface area contributed by atoms with Crippen LogP contribution in [-0.4, -0.2) is 10.2 Å². The van der Waals surface area contributed by atoms with Crippen molar-refractivity contribution in [2.45, 2.75) is 40.5 Å². The summed E-state index contributed by atoms with van der Waals surface area (Å²) in [5, 5.41) is 7.45. The van der Waals surface area contributed by atoms with Gasteiger partial charge in [0, 0.05) is 11.3 Å². The maximum absolute atomic E-state index is 4.38. The Bertz CT molecular complexity index is 370. The Hall–Kier alpha value is -1.31. The Morgan fingerprint density at radius 3 is 2.67 bits per heavy atom. The molecule has 0 bridgehead atoms. The third kappa shape index (κ3) is 2.58. The van der Waals surface area contributed by atoms with Crippen LogP contribution in [0.2, 0.25) is 0 Å². The van der Waals surface area contributed by atoms with Crippen LogP contribution in [0.5, 0.6) is 0 Å². The van der Waals surface area contributed by atoms with Gasteiger partial charge < -0.3 is 0 Å². The average molecular weight is 204 g/mol. The predicted molar refractivity (Wildman–Crippen MR) is 65.8 cm³/mol. The summed E-state index contributed by atoms with van der Waals surface area (Å²) in [5.74, 6) is 0. The monoisotopic (exact) mass is 204 g/mol. The SMILES string of the molecule is C/C=C\C(=C/C)c1n[nH]c(C)c1CCC. The Morgan fingerprint density at radius 1 is 1.40 bits per heavy atom. The molecule has 0 aliphatic carbocycles. The molecule has 0 fully saturated rings. The van der Waals surface area contributed by atoms with E-state index in [1.807, 2.05) is 6.92 Å². The molecule has 0 aliphatic heterocycles. The number of aryl methyl sites for hydroxylation is 1. The molecule has 0 saturated heterocycles. The molecule has 0 aromatic carbocycles. The highest BCUT2D eigenvalue weighted by molar-refractivity contribution is 5.73. The number of aromatic amines is 1. The van der Waals surface area contributed by atoms with Crippen molar-refractivity contribution in [3.05, 3.63) is 35.2 Å². The summed E-state index contributed by atoms with van der Waals surface area (Å²) in [5.41, 5.74) is 4.85. The van der Waals surface area contributed by atoms with Crippen molar-refractivity contribution >= 4 is 5.57 Å². The van der Waals surface area contributed by atoms with Crippen LogP contribution in [0, 0.1) is 6.92 Å². The fourth-order valence-electron chi connectivity index (χ4n) is 1.74. The molecule has 82 valence electrons. The van der Waals surface area contributed by atoms with Gasteiger partial charge in [0.15, 0.2) is 0 Å². The van der Waals surface area contributed by atoms with Crippen molar-refractivity contribution in [3.63, 3.8) is 0 Å². The Kier molecular flexibility index (Phi) is 4.35. The maximum Gasteiger partial charge on any atom is 0.0951 e. The van der Waals surface area contributed by atoms with Gasteiger partial charge in [-0.3, -0.25) is 5.10 Å². The predicted octanol–water partition coefficient (Wildman–Crippen LogP) is 3.65. The van der Waals surface area contributed by atoms with Crippen LogP contribution < -0.4 is 0 Å². The highest BCUT2D eigenvalue weighted by Gasteiger charge is 2.10. The molecule has 1 aromatic heterocycles. The van der Waals surface area contributed by atoms with E-state index in [1.54, 1.807) is 0 Å². The lowest BCUT2D eigenvalue weighted by atomic mass is 10.0. The van der Waals surface area contributed by atoms with Gasteiger partial charge in [-0.15, -0.1) is 0 Å². The van der Waals surface area contributed by atoms with Crippen molar-refractivity contribution in [2.75, 3.05) is 0 Å². The summed E-state index contributed by atoms with van der Waals surface area (Å²) >= 11 is 0. The lowest BCUT2D eigenvalue weighted by Gasteiger charge is -2.02. The quantitative estimate of drug-likeness (QED) is 0.745. The van der Waals surface area contributed by atoms with Crippen molar-refractivity contribution in [3.8, 4) is 0 Å². The molecule has 0 aliphatic rings. The smallest absolute Gasteiger partial charge is 0.0951 e. The molecule has 0 saturated carbocycles. The maximum atomic E-state index is 4.38. The molecule has 2 heteroatoms. The number of hydrogen-bond acceptors (Lipinski definition) is 1. The number of allylic oxidation sites excluding steroid dienone is 4. The second-order valence-electron chi connectivity index (χ2n) is 3.67. The molecule has 0 radical (unpaired) electrons. The first-order chi connectivity index (χ1) is 7.24. The van der Waals surface area contributed by atoms with E-state index < -0.39 is 0 Å². The minimum atomic E-state index is 1.09. The van der Waals surface area contributed by atoms with Gasteiger partial charge in [0.25, 0.3) is 0 Å². The zero-order valence-electron chi connectivity index (χ0n) is 10.1. The average Bonchev–Trinajstić information content (AvgIpc) is 2.58. The van der Waals surface area contributed by atoms with Crippen LogP contribution in [-0.2, 0) is 6.42 Å². The van der Waals surface area contributed by atoms with E-state index in [4.69, 9.17) is 0 Å². The van der Waals surface area contributed by atoms with E-state index >= 15 is 0 Å². The highest BCUT2D eigenvalue weighted by Crippen LogP contribution is 2.21. The molecule has 15 heavy (non-hydrogen) atoms. The number of rotatable bonds is 4. The molecule has 1 rings (SSSR count). The van der Waals surface area contributed by atoms with Gasteiger partial charge in [0.05, 0.1) is 5.69 Å². The van der Waals surface area contributed by atoms with Crippen molar-refractivity contribution < 1.29 is 0 Å². The van der Waals surface area contributed by atoms with Crippen LogP contribution in [0.25, 0.3) is 5.57 Å². The Labute approximate surface area is 92.1 Å². The summed E-state index contributed by atoms with van der Waals surface area (Å²) in [6, 6.07) is 0. The molecule has 1 N–H and O–H groups in total. The van der Waals surface area contributed by atoms with E-state index in [2.05, 4.69) is 49.2 Å². The summed E-state index contributed by atoms with van der Waals surface area (Å²) < 4.78 is 0. The van der Waals surface area contributed by atoms with Crippen LogP contribution in [0.3, 0.4) is 0 Å². The number of nitrogens with one attached hydrogen (secondary N) is 1. The summed E-state index contributed by atoms with van der Waals surface area (Å²) in [6.07, 6.45) is 8.51. The lowest BCUT2D eigenvalue weighted by molar-refractivity contribution is 0.910. The minimum Gasteiger partial charge on any atom is -0.282 e. The molecule has 1 aromatic rings. The van der Waals surface area contributed by atoms with Crippen LogP contribution >= 0.6 is 0 Å². The number of H-pyrrole nitrogens is 1. The molecular formula is C13H20N2. The largest absolute Gasteiger partial charge is 0.282 e. The van der Waals surface area contributed by atoms with Gasteiger partial charge in [0.2, 0.25) is 0 Å². The van der Waals surface area contributed by atoms with Crippen molar-refractivity contribution in [1.29, 1.82) is 0 Å². The number of nitrogens with zero attached hydrogens (tertiary/aromatic N) is 1. The summed E-state index contributed by atoms with van der Waals surface area (Å²) in [6.45, 7) is 8.36. The van der Waals surface area contributed by atoms with Gasteiger partial charge in [-0.2, -0.15) is 5.10 Å². The first kappa shape index (κ1) is 11.8. The van der Waals surface area contributed by atoms with Crippen molar-refractivity contribution in [1.82, 2.24) is 10.2 Å². The van der Waals surface area contributed by atoms with E-state index in [-0.39, 0.29) is 0 Å². The molecule has 1 heterocycles. The molecule has 0 atom stereocenters.